The molecule has 3 nitrogen and oxygen atoms in total. The second-order valence-electron chi connectivity index (χ2n) is 2.24. The van der Waals surface area contributed by atoms with Gasteiger partial charge in [0.2, 0.25) is 0 Å². The molecular weight excluding hydrogens is 158 g/mol. The average Bonchev–Trinajstić information content (AvgIpc) is 1.79. The Morgan fingerprint density at radius 2 is 2.18 bits per heavy atom. The molecular formula is C6H10F2O3. The smallest absolute Gasteiger partial charge is 0.450 e. The summed E-state index contributed by atoms with van der Waals surface area (Å²) in [5, 5.41) is 8.02. The van der Waals surface area contributed by atoms with Crippen molar-refractivity contribution >= 4 is 6.16 Å². The van der Waals surface area contributed by atoms with Gasteiger partial charge in [0, 0.05) is 6.92 Å². The SMILES string of the molecule is CCC(OC(=O)O)C(C)(F)F. The van der Waals surface area contributed by atoms with Crippen LogP contribution in [-0.2, 0) is 4.74 Å². The zero-order valence-electron chi connectivity index (χ0n) is 6.30. The summed E-state index contributed by atoms with van der Waals surface area (Å²) in [5.74, 6) is -3.10. The molecule has 0 rings (SSSR count). The van der Waals surface area contributed by atoms with Crippen LogP contribution >= 0.6 is 0 Å². The zero-order valence-corrected chi connectivity index (χ0v) is 6.30. The lowest BCUT2D eigenvalue weighted by Crippen LogP contribution is -2.33. The summed E-state index contributed by atoms with van der Waals surface area (Å²) in [4.78, 5) is 9.86. The minimum absolute atomic E-state index is 0.0319. The molecule has 0 saturated carbocycles. The third kappa shape index (κ3) is 3.75. The van der Waals surface area contributed by atoms with E-state index in [2.05, 4.69) is 4.74 Å². The molecule has 0 aliphatic heterocycles. The quantitative estimate of drug-likeness (QED) is 0.656. The first kappa shape index (κ1) is 10.1. The van der Waals surface area contributed by atoms with E-state index in [1.807, 2.05) is 0 Å². The van der Waals surface area contributed by atoms with Crippen molar-refractivity contribution in [3.05, 3.63) is 0 Å². The van der Waals surface area contributed by atoms with Gasteiger partial charge in [0.1, 0.15) is 0 Å². The van der Waals surface area contributed by atoms with Crippen LogP contribution in [0.5, 0.6) is 0 Å². The normalized spacial score (nSPS) is 14.2. The molecule has 0 aromatic heterocycles. The highest BCUT2D eigenvalue weighted by Crippen LogP contribution is 2.22. The Hall–Kier alpha value is -0.870. The molecule has 0 radical (unpaired) electrons. The highest BCUT2D eigenvalue weighted by Gasteiger charge is 2.35. The zero-order chi connectivity index (χ0) is 9.07. The van der Waals surface area contributed by atoms with E-state index in [9.17, 15) is 13.6 Å². The van der Waals surface area contributed by atoms with Crippen molar-refractivity contribution in [2.24, 2.45) is 0 Å². The van der Waals surface area contributed by atoms with Crippen LogP contribution in [-0.4, -0.2) is 23.3 Å². The van der Waals surface area contributed by atoms with Gasteiger partial charge in [0.25, 0.3) is 5.92 Å². The van der Waals surface area contributed by atoms with E-state index < -0.39 is 18.2 Å². The van der Waals surface area contributed by atoms with Crippen LogP contribution < -0.4 is 0 Å². The second-order valence-corrected chi connectivity index (χ2v) is 2.24. The Morgan fingerprint density at radius 3 is 2.27 bits per heavy atom. The topological polar surface area (TPSA) is 46.5 Å². The first-order valence-electron chi connectivity index (χ1n) is 3.15. The molecule has 0 aromatic carbocycles. The van der Waals surface area contributed by atoms with E-state index in [1.54, 1.807) is 0 Å². The van der Waals surface area contributed by atoms with Gasteiger partial charge in [-0.25, -0.2) is 13.6 Å². The van der Waals surface area contributed by atoms with Crippen molar-refractivity contribution in [3.8, 4) is 0 Å². The molecule has 1 N–H and O–H groups in total. The summed E-state index contributed by atoms with van der Waals surface area (Å²) >= 11 is 0. The maximum atomic E-state index is 12.4. The molecule has 0 spiro atoms. The summed E-state index contributed by atoms with van der Waals surface area (Å²) in [6.07, 6.45) is -3.24. The van der Waals surface area contributed by atoms with Gasteiger partial charge in [-0.15, -0.1) is 0 Å². The summed E-state index contributed by atoms with van der Waals surface area (Å²) in [5.41, 5.74) is 0. The van der Waals surface area contributed by atoms with Crippen molar-refractivity contribution in [3.63, 3.8) is 0 Å². The number of carboxylic acid groups (broad SMARTS) is 1. The van der Waals surface area contributed by atoms with Crippen LogP contribution in [0, 0.1) is 0 Å². The minimum Gasteiger partial charge on any atom is -0.450 e. The number of carbonyl (C=O) groups is 1. The van der Waals surface area contributed by atoms with E-state index in [0.29, 0.717) is 6.92 Å². The molecule has 1 atom stereocenters. The van der Waals surface area contributed by atoms with Gasteiger partial charge < -0.3 is 9.84 Å². The van der Waals surface area contributed by atoms with Gasteiger partial charge in [-0.1, -0.05) is 6.92 Å². The van der Waals surface area contributed by atoms with E-state index >= 15 is 0 Å². The predicted octanol–water partition coefficient (Wildman–Crippen LogP) is 2.11. The lowest BCUT2D eigenvalue weighted by Gasteiger charge is -2.20. The minimum atomic E-state index is -3.10. The summed E-state index contributed by atoms with van der Waals surface area (Å²) in [7, 11) is 0. The lowest BCUT2D eigenvalue weighted by atomic mass is 10.2. The van der Waals surface area contributed by atoms with Crippen LogP contribution in [0.4, 0.5) is 13.6 Å². The van der Waals surface area contributed by atoms with Crippen LogP contribution in [0.2, 0.25) is 0 Å². The van der Waals surface area contributed by atoms with Gasteiger partial charge in [-0.2, -0.15) is 0 Å². The van der Waals surface area contributed by atoms with Crippen LogP contribution in [0.25, 0.3) is 0 Å². The Labute approximate surface area is 63.0 Å². The van der Waals surface area contributed by atoms with Crippen LogP contribution in [0.3, 0.4) is 0 Å². The Bertz CT molecular complexity index is 141. The fraction of sp³-hybridized carbons (Fsp3) is 0.833. The maximum absolute atomic E-state index is 12.4. The monoisotopic (exact) mass is 168 g/mol. The number of ether oxygens (including phenoxy) is 1. The van der Waals surface area contributed by atoms with Crippen molar-refractivity contribution in [1.29, 1.82) is 0 Å². The van der Waals surface area contributed by atoms with Gasteiger partial charge in [0.05, 0.1) is 0 Å². The molecule has 66 valence electrons. The average molecular weight is 168 g/mol. The number of alkyl halides is 2. The predicted molar refractivity (Wildman–Crippen MR) is 33.8 cm³/mol. The molecule has 0 amide bonds. The van der Waals surface area contributed by atoms with Gasteiger partial charge in [-0.3, -0.25) is 0 Å². The third-order valence-corrected chi connectivity index (χ3v) is 1.18. The molecule has 0 aliphatic carbocycles. The summed E-state index contributed by atoms with van der Waals surface area (Å²) < 4.78 is 28.6. The highest BCUT2D eigenvalue weighted by atomic mass is 19.3. The summed E-state index contributed by atoms with van der Waals surface area (Å²) in [6, 6.07) is 0. The van der Waals surface area contributed by atoms with Crippen molar-refractivity contribution in [1.82, 2.24) is 0 Å². The fourth-order valence-corrected chi connectivity index (χ4v) is 0.667. The van der Waals surface area contributed by atoms with Crippen molar-refractivity contribution < 1.29 is 23.4 Å². The number of hydrogen-bond acceptors (Lipinski definition) is 2. The van der Waals surface area contributed by atoms with Gasteiger partial charge in [-0.05, 0) is 6.42 Å². The van der Waals surface area contributed by atoms with Crippen molar-refractivity contribution in [2.45, 2.75) is 32.3 Å². The first-order valence-corrected chi connectivity index (χ1v) is 3.15. The molecule has 1 unspecified atom stereocenters. The fourth-order valence-electron chi connectivity index (χ4n) is 0.667. The highest BCUT2D eigenvalue weighted by molar-refractivity contribution is 5.57. The largest absolute Gasteiger partial charge is 0.506 e. The van der Waals surface area contributed by atoms with E-state index in [-0.39, 0.29) is 6.42 Å². The number of hydrogen-bond donors (Lipinski definition) is 1. The molecule has 0 bridgehead atoms. The van der Waals surface area contributed by atoms with Crippen molar-refractivity contribution in [2.75, 3.05) is 0 Å². The van der Waals surface area contributed by atoms with Crippen LogP contribution in [0.15, 0.2) is 0 Å². The molecule has 0 fully saturated rings. The van der Waals surface area contributed by atoms with E-state index in [1.165, 1.54) is 6.92 Å². The van der Waals surface area contributed by atoms with E-state index in [4.69, 9.17) is 5.11 Å². The van der Waals surface area contributed by atoms with Gasteiger partial charge >= 0.3 is 6.16 Å². The van der Waals surface area contributed by atoms with Gasteiger partial charge in [0.15, 0.2) is 6.10 Å². The Kier molecular flexibility index (Phi) is 3.22. The lowest BCUT2D eigenvalue weighted by molar-refractivity contribution is -0.107. The standard InChI is InChI=1S/C6H10F2O3/c1-3-4(6(2,7)8)11-5(9)10/h4H,3H2,1-2H3,(H,9,10). The Balaban J connectivity index is 4.07. The molecule has 0 heterocycles. The van der Waals surface area contributed by atoms with Crippen LogP contribution in [0.1, 0.15) is 20.3 Å². The maximum Gasteiger partial charge on any atom is 0.506 e. The molecule has 0 aromatic rings. The third-order valence-electron chi connectivity index (χ3n) is 1.18. The number of rotatable bonds is 3. The number of halogens is 2. The Morgan fingerprint density at radius 1 is 1.73 bits per heavy atom. The molecule has 11 heavy (non-hydrogen) atoms. The first-order chi connectivity index (χ1) is 4.88. The summed E-state index contributed by atoms with van der Waals surface area (Å²) in [6.45, 7) is 2.06. The molecule has 0 aliphatic rings. The molecule has 5 heteroatoms. The van der Waals surface area contributed by atoms with E-state index in [0.717, 1.165) is 0 Å². The second kappa shape index (κ2) is 3.50. The molecule has 0 saturated heterocycles.